The van der Waals surface area contributed by atoms with Crippen molar-refractivity contribution in [2.24, 2.45) is 5.92 Å². The number of hydrogen-bond acceptors (Lipinski definition) is 4. The minimum atomic E-state index is -0.0946. The predicted molar refractivity (Wildman–Crippen MR) is 74.0 cm³/mol. The first-order valence-corrected chi connectivity index (χ1v) is 7.06. The Labute approximate surface area is 122 Å². The number of nitrogens with zero attached hydrogens (tertiary/aromatic N) is 1. The van der Waals surface area contributed by atoms with Gasteiger partial charge in [0, 0.05) is 23.9 Å². The van der Waals surface area contributed by atoms with Crippen LogP contribution in [0.2, 0.25) is 0 Å². The van der Waals surface area contributed by atoms with Gasteiger partial charge in [0.2, 0.25) is 6.79 Å². The normalized spacial score (nSPS) is 28.3. The van der Waals surface area contributed by atoms with Crippen molar-refractivity contribution >= 4 is 5.91 Å². The first-order valence-electron chi connectivity index (χ1n) is 7.06. The second-order valence-electron chi connectivity index (χ2n) is 5.60. The van der Waals surface area contributed by atoms with Gasteiger partial charge in [-0.05, 0) is 30.0 Å². The van der Waals surface area contributed by atoms with E-state index in [-0.39, 0.29) is 30.6 Å². The SMILES string of the molecule is N#CCC1CC=CC2c3cc4c(cc3C(=O)NC12)OCO4. The zero-order valence-corrected chi connectivity index (χ0v) is 11.3. The third kappa shape index (κ3) is 1.79. The molecular weight excluding hydrogens is 268 g/mol. The van der Waals surface area contributed by atoms with Crippen LogP contribution < -0.4 is 14.8 Å². The van der Waals surface area contributed by atoms with Gasteiger partial charge in [0.05, 0.1) is 6.07 Å². The van der Waals surface area contributed by atoms with E-state index in [1.165, 1.54) is 0 Å². The molecule has 0 fully saturated rings. The predicted octanol–water partition coefficient (Wildman–Crippen LogP) is 2.10. The molecule has 0 bridgehead atoms. The van der Waals surface area contributed by atoms with Crippen molar-refractivity contribution in [3.05, 3.63) is 35.4 Å². The Morgan fingerprint density at radius 2 is 2.14 bits per heavy atom. The molecule has 3 aliphatic rings. The van der Waals surface area contributed by atoms with Crippen molar-refractivity contribution in [2.45, 2.75) is 24.8 Å². The second kappa shape index (κ2) is 4.52. The van der Waals surface area contributed by atoms with E-state index in [4.69, 9.17) is 14.7 Å². The molecule has 0 aromatic heterocycles. The lowest BCUT2D eigenvalue weighted by Gasteiger charge is -2.39. The van der Waals surface area contributed by atoms with Crippen LogP contribution in [0.15, 0.2) is 24.3 Å². The van der Waals surface area contributed by atoms with E-state index in [1.807, 2.05) is 6.07 Å². The molecule has 1 aliphatic carbocycles. The molecule has 0 saturated carbocycles. The van der Waals surface area contributed by atoms with Crippen molar-refractivity contribution in [3.63, 3.8) is 0 Å². The van der Waals surface area contributed by atoms with Crippen molar-refractivity contribution in [2.75, 3.05) is 6.79 Å². The average Bonchev–Trinajstić information content (AvgIpc) is 2.94. The van der Waals surface area contributed by atoms with Gasteiger partial charge in [0.15, 0.2) is 11.5 Å². The highest BCUT2D eigenvalue weighted by Crippen LogP contribution is 2.43. The first kappa shape index (κ1) is 12.3. The van der Waals surface area contributed by atoms with E-state index in [1.54, 1.807) is 6.07 Å². The quantitative estimate of drug-likeness (QED) is 0.801. The van der Waals surface area contributed by atoms with Crippen LogP contribution >= 0.6 is 0 Å². The molecule has 5 nitrogen and oxygen atoms in total. The molecule has 106 valence electrons. The smallest absolute Gasteiger partial charge is 0.251 e. The molecule has 5 heteroatoms. The van der Waals surface area contributed by atoms with E-state index in [2.05, 4.69) is 23.5 Å². The van der Waals surface area contributed by atoms with Crippen LogP contribution in [0.25, 0.3) is 0 Å². The van der Waals surface area contributed by atoms with Crippen LogP contribution in [-0.4, -0.2) is 18.7 Å². The Balaban J connectivity index is 1.81. The van der Waals surface area contributed by atoms with E-state index in [0.29, 0.717) is 23.5 Å². The molecule has 0 spiro atoms. The summed E-state index contributed by atoms with van der Waals surface area (Å²) in [4.78, 5) is 12.4. The lowest BCUT2D eigenvalue weighted by atomic mass is 9.73. The highest BCUT2D eigenvalue weighted by Gasteiger charge is 2.39. The number of nitriles is 1. The van der Waals surface area contributed by atoms with Gasteiger partial charge in [-0.3, -0.25) is 4.79 Å². The number of allylic oxidation sites excluding steroid dienone is 1. The third-order valence-electron chi connectivity index (χ3n) is 4.48. The highest BCUT2D eigenvalue weighted by molar-refractivity contribution is 5.98. The molecule has 1 aromatic rings. The van der Waals surface area contributed by atoms with E-state index in [9.17, 15) is 4.79 Å². The van der Waals surface area contributed by atoms with Gasteiger partial charge in [0.1, 0.15) is 0 Å². The Kier molecular flexibility index (Phi) is 2.64. The van der Waals surface area contributed by atoms with E-state index >= 15 is 0 Å². The molecule has 3 unspecified atom stereocenters. The fraction of sp³-hybridized carbons (Fsp3) is 0.375. The maximum Gasteiger partial charge on any atom is 0.251 e. The molecule has 0 saturated heterocycles. The number of carbonyl (C=O) groups excluding carboxylic acids is 1. The van der Waals surface area contributed by atoms with Crippen LogP contribution in [0.4, 0.5) is 0 Å². The molecular formula is C16H14N2O3. The van der Waals surface area contributed by atoms with Gasteiger partial charge in [-0.15, -0.1) is 0 Å². The average molecular weight is 282 g/mol. The van der Waals surface area contributed by atoms with Gasteiger partial charge < -0.3 is 14.8 Å². The minimum absolute atomic E-state index is 0.0185. The summed E-state index contributed by atoms with van der Waals surface area (Å²) < 4.78 is 10.8. The summed E-state index contributed by atoms with van der Waals surface area (Å²) in [5.41, 5.74) is 1.61. The number of rotatable bonds is 1. The Bertz CT molecular complexity index is 689. The van der Waals surface area contributed by atoms with Crippen molar-refractivity contribution in [1.82, 2.24) is 5.32 Å². The van der Waals surface area contributed by atoms with Crippen LogP contribution in [0.3, 0.4) is 0 Å². The Hall–Kier alpha value is -2.48. The monoisotopic (exact) mass is 282 g/mol. The van der Waals surface area contributed by atoms with E-state index < -0.39 is 0 Å². The van der Waals surface area contributed by atoms with Gasteiger partial charge in [0.25, 0.3) is 5.91 Å². The molecule has 1 N–H and O–H groups in total. The number of hydrogen-bond donors (Lipinski definition) is 1. The van der Waals surface area contributed by atoms with Gasteiger partial charge in [-0.1, -0.05) is 12.2 Å². The summed E-state index contributed by atoms with van der Waals surface area (Å²) in [5, 5.41) is 12.0. The Morgan fingerprint density at radius 1 is 1.33 bits per heavy atom. The van der Waals surface area contributed by atoms with Gasteiger partial charge >= 0.3 is 0 Å². The van der Waals surface area contributed by atoms with Crippen LogP contribution in [-0.2, 0) is 0 Å². The molecule has 3 atom stereocenters. The van der Waals surface area contributed by atoms with Crippen LogP contribution in [0.1, 0.15) is 34.7 Å². The van der Waals surface area contributed by atoms with Crippen molar-refractivity contribution < 1.29 is 14.3 Å². The largest absolute Gasteiger partial charge is 0.454 e. The minimum Gasteiger partial charge on any atom is -0.454 e. The molecule has 4 rings (SSSR count). The summed E-state index contributed by atoms with van der Waals surface area (Å²) in [6.07, 6.45) is 5.51. The maximum absolute atomic E-state index is 12.4. The summed E-state index contributed by atoms with van der Waals surface area (Å²) in [5.74, 6) is 1.48. The lowest BCUT2D eigenvalue weighted by Crippen LogP contribution is -2.49. The summed E-state index contributed by atoms with van der Waals surface area (Å²) in [7, 11) is 0. The van der Waals surface area contributed by atoms with E-state index in [0.717, 1.165) is 12.0 Å². The number of amides is 1. The highest BCUT2D eigenvalue weighted by atomic mass is 16.7. The summed E-state index contributed by atoms with van der Waals surface area (Å²) >= 11 is 0. The van der Waals surface area contributed by atoms with Crippen LogP contribution in [0, 0.1) is 17.2 Å². The number of fused-ring (bicyclic) bond motifs is 4. The molecule has 1 aromatic carbocycles. The number of carbonyl (C=O) groups is 1. The number of nitrogens with one attached hydrogen (secondary N) is 1. The maximum atomic E-state index is 12.4. The second-order valence-corrected chi connectivity index (χ2v) is 5.60. The van der Waals surface area contributed by atoms with Gasteiger partial charge in [-0.25, -0.2) is 0 Å². The summed E-state index contributed by atoms with van der Waals surface area (Å²) in [6.45, 7) is 0.195. The third-order valence-corrected chi connectivity index (χ3v) is 4.48. The molecule has 0 radical (unpaired) electrons. The topological polar surface area (TPSA) is 71.4 Å². The molecule has 2 heterocycles. The summed E-state index contributed by atoms with van der Waals surface area (Å²) in [6, 6.07) is 5.87. The van der Waals surface area contributed by atoms with Crippen molar-refractivity contribution in [1.29, 1.82) is 5.26 Å². The van der Waals surface area contributed by atoms with Gasteiger partial charge in [-0.2, -0.15) is 5.26 Å². The zero-order valence-electron chi connectivity index (χ0n) is 11.3. The number of ether oxygens (including phenoxy) is 2. The molecule has 1 amide bonds. The number of benzene rings is 1. The van der Waals surface area contributed by atoms with Crippen LogP contribution in [0.5, 0.6) is 11.5 Å². The zero-order chi connectivity index (χ0) is 14.4. The fourth-order valence-electron chi connectivity index (χ4n) is 3.45. The molecule has 21 heavy (non-hydrogen) atoms. The van der Waals surface area contributed by atoms with Crippen molar-refractivity contribution in [3.8, 4) is 17.6 Å². The standard InChI is InChI=1S/C16H14N2O3/c17-5-4-9-2-1-3-10-11-6-13-14(21-8-20-13)7-12(11)16(19)18-15(9)10/h1,3,6-7,9-10,15H,2,4,8H2,(H,18,19). The molecule has 2 aliphatic heterocycles. The lowest BCUT2D eigenvalue weighted by molar-refractivity contribution is 0.0897. The first-order chi connectivity index (χ1) is 10.3. The fourth-order valence-corrected chi connectivity index (χ4v) is 3.45. The Morgan fingerprint density at radius 3 is 2.95 bits per heavy atom.